The number of amides is 1. The summed E-state index contributed by atoms with van der Waals surface area (Å²) >= 11 is 0. The zero-order valence-corrected chi connectivity index (χ0v) is 45.4. The van der Waals surface area contributed by atoms with Gasteiger partial charge in [-0.3, -0.25) is 4.79 Å². The summed E-state index contributed by atoms with van der Waals surface area (Å²) in [5, 5.41) is 3.06. The number of ether oxygens (including phenoxy) is 8. The highest BCUT2D eigenvalue weighted by atomic mass is 16.8. The zero-order chi connectivity index (χ0) is 56.1. The Kier molecular flexibility index (Phi) is 26.9. The van der Waals surface area contributed by atoms with Gasteiger partial charge < -0.3 is 43.2 Å². The highest BCUT2D eigenvalue weighted by molar-refractivity contribution is 5.94. The van der Waals surface area contributed by atoms with Crippen LogP contribution in [0.4, 0.5) is 0 Å². The first-order valence-electron chi connectivity index (χ1n) is 26.3. The van der Waals surface area contributed by atoms with Gasteiger partial charge in [-0.25, -0.2) is 0 Å². The van der Waals surface area contributed by atoms with E-state index < -0.39 is 54.5 Å². The summed E-state index contributed by atoms with van der Waals surface area (Å²) in [5.41, 5.74) is 3.88. The number of benzene rings is 4. The third kappa shape index (κ3) is 22.6. The molecule has 6 rings (SSSR count). The van der Waals surface area contributed by atoms with Gasteiger partial charge in [-0.1, -0.05) is 153 Å². The molecule has 5 unspecified atom stereocenters. The summed E-state index contributed by atoms with van der Waals surface area (Å²) < 4.78 is 54.1. The molecule has 4 aromatic carbocycles. The first kappa shape index (κ1) is 60.4. The highest BCUT2D eigenvalue weighted by Gasteiger charge is 2.51. The number of nitrogens with one attached hydrogen (secondary N) is 1. The molecule has 0 aliphatic carbocycles. The molecule has 2 aliphatic rings. The summed E-state index contributed by atoms with van der Waals surface area (Å²) in [7, 11) is 0. The van der Waals surface area contributed by atoms with Crippen molar-refractivity contribution in [3.8, 4) is 130 Å². The third-order valence-electron chi connectivity index (χ3n) is 11.8. The molecule has 10 nitrogen and oxygen atoms in total. The fourth-order valence-corrected chi connectivity index (χ4v) is 8.24. The Hall–Kier alpha value is -8.81. The number of carbonyl (C=O) groups excluding carboxylic acids is 1. The lowest BCUT2D eigenvalue weighted by Crippen LogP contribution is -2.62. The van der Waals surface area contributed by atoms with E-state index in [2.05, 4.69) is 142 Å². The van der Waals surface area contributed by atoms with Crippen LogP contribution in [-0.4, -0.2) is 73.9 Å². The maximum absolute atomic E-state index is 13.8. The van der Waals surface area contributed by atoms with Crippen LogP contribution in [0.25, 0.3) is 0 Å². The van der Waals surface area contributed by atoms with Crippen molar-refractivity contribution in [1.82, 2.24) is 5.32 Å². The van der Waals surface area contributed by atoms with E-state index in [9.17, 15) is 4.79 Å². The zero-order valence-electron chi connectivity index (χ0n) is 45.4. The van der Waals surface area contributed by atoms with Crippen LogP contribution in [0.5, 0.6) is 0 Å². The van der Waals surface area contributed by atoms with Gasteiger partial charge in [0.15, 0.2) is 12.1 Å². The van der Waals surface area contributed by atoms with Crippen molar-refractivity contribution >= 4 is 5.91 Å². The molecular formula is C70H105NO9. The van der Waals surface area contributed by atoms with Gasteiger partial charge in [-0.2, -0.15) is 0 Å². The summed E-state index contributed by atoms with van der Waals surface area (Å²) in [6.07, 6.45) is -1.44. The second-order valence-electron chi connectivity index (χ2n) is 18.2. The minimum absolute atomic E-state index is 0. The van der Waals surface area contributed by atoms with E-state index >= 15 is 0 Å². The van der Waals surface area contributed by atoms with Crippen molar-refractivity contribution in [3.63, 3.8) is 0 Å². The van der Waals surface area contributed by atoms with Crippen LogP contribution in [0.1, 0.15) is 107 Å². The second kappa shape index (κ2) is 35.6. The number of carbonyl (C=O) groups is 1. The summed E-state index contributed by atoms with van der Waals surface area (Å²) in [4.78, 5) is 13.8. The van der Waals surface area contributed by atoms with Crippen LogP contribution in [0.15, 0.2) is 121 Å². The van der Waals surface area contributed by atoms with E-state index in [1.165, 1.54) is 0 Å². The van der Waals surface area contributed by atoms with Gasteiger partial charge in [0.2, 0.25) is 0 Å². The lowest BCUT2D eigenvalue weighted by molar-refractivity contribution is -0.329. The standard InChI is InChI=1S/C70H61NO9.22H2/c1-5-7-9-10-11-12-13-14-15-16-17-18-19-20-21-22-23-24-25-26-40-50-64(72)71-61(65-62(49-31-8-6-2)79-70(3,4)80-65)55-77-69-68(76-54-60-47-38-30-39-48-60)67(75-53-59-45-36-29-37-46-59)66(74-52-58-43-34-28-35-44-58)63(78-69)56-73-51-57-41-32-27-33-42-57;;;;;;;;;;;;;;;;;;;;;;/h27-30,32-39,41-48,61-63,65-69H,6,8,31,49,51-56H2,1-4H3,(H,71,72);22*1H/t61-,62+,63?,65-,66?,67?,68?,69?;;;;;;;;;;;;;;;;;;;;;;/m0....................../s1. The molecule has 0 spiro atoms. The normalized spacial score (nSPS) is 19.0. The fourth-order valence-electron chi connectivity index (χ4n) is 8.24. The quantitative estimate of drug-likeness (QED) is 0.0609. The predicted molar refractivity (Wildman–Crippen MR) is 353 cm³/mol. The molecule has 0 saturated carbocycles. The Morgan fingerprint density at radius 1 is 0.525 bits per heavy atom. The summed E-state index contributed by atoms with van der Waals surface area (Å²) in [6.45, 7) is 8.66. The second-order valence-corrected chi connectivity index (χ2v) is 18.2. The van der Waals surface area contributed by atoms with Crippen molar-refractivity contribution in [2.75, 3.05) is 13.2 Å². The van der Waals surface area contributed by atoms with Crippen molar-refractivity contribution in [2.24, 2.45) is 0 Å². The number of rotatable bonds is 22. The van der Waals surface area contributed by atoms with E-state index in [-0.39, 0.29) is 70.5 Å². The van der Waals surface area contributed by atoms with E-state index in [1.807, 2.05) is 135 Å². The Morgan fingerprint density at radius 2 is 0.950 bits per heavy atom. The lowest BCUT2D eigenvalue weighted by atomic mass is 9.97. The highest BCUT2D eigenvalue weighted by Crippen LogP contribution is 2.35. The predicted octanol–water partition coefficient (Wildman–Crippen LogP) is 13.8. The molecule has 2 saturated heterocycles. The smallest absolute Gasteiger partial charge is 0.297 e. The number of hydrogen-bond acceptors (Lipinski definition) is 9. The average Bonchev–Trinajstić information content (AvgIpc) is 1.09. The molecule has 1 amide bonds. The Bertz CT molecular complexity index is 3440. The SMILES string of the molecule is CC#CC#CC#CC#CC#CC#CC#CC#CC#CC#CC#CC(=O)N[C@@H](COC1OC(COCc2ccccc2)C(OCc2ccccc2)C(OCc2ccccc2)C1OCc1ccccc1)[C@@H]1OC(C)(C)O[C@@H]1CCCCC.[HH].[HH].[HH].[HH].[HH].[HH].[HH].[HH].[HH].[HH].[HH].[HH].[HH].[HH].[HH].[HH].[HH].[HH].[HH].[HH].[HH].[HH]. The average molecular weight is 1100 g/mol. The van der Waals surface area contributed by atoms with Gasteiger partial charge in [0.05, 0.1) is 51.8 Å². The van der Waals surface area contributed by atoms with Crippen molar-refractivity contribution in [3.05, 3.63) is 144 Å². The molecule has 0 radical (unpaired) electrons. The van der Waals surface area contributed by atoms with Crippen LogP contribution < -0.4 is 5.32 Å². The molecule has 8 atom stereocenters. The Morgan fingerprint density at radius 3 is 1.41 bits per heavy atom. The molecular weight excluding hydrogens is 999 g/mol. The first-order valence-corrected chi connectivity index (χ1v) is 26.3. The van der Waals surface area contributed by atoms with Crippen LogP contribution in [0.2, 0.25) is 0 Å². The molecule has 4 aromatic rings. The molecule has 2 fully saturated rings. The van der Waals surface area contributed by atoms with E-state index in [1.54, 1.807) is 6.92 Å². The molecule has 10 heteroatoms. The van der Waals surface area contributed by atoms with Crippen LogP contribution in [0, 0.1) is 130 Å². The molecule has 0 bridgehead atoms. The largest absolute Gasteiger partial charge is 0.374 e. The minimum Gasteiger partial charge on any atom is -0.374 e. The molecule has 2 heterocycles. The third-order valence-corrected chi connectivity index (χ3v) is 11.8. The molecule has 1 N–H and O–H groups in total. The van der Waals surface area contributed by atoms with Crippen LogP contribution in [-0.2, 0) is 69.1 Å². The van der Waals surface area contributed by atoms with Crippen molar-refractivity contribution in [2.45, 2.75) is 135 Å². The maximum atomic E-state index is 13.8. The number of unbranched alkanes of at least 4 members (excludes halogenated alkanes) is 2. The van der Waals surface area contributed by atoms with Gasteiger partial charge in [0.25, 0.3) is 5.91 Å². The first-order chi connectivity index (χ1) is 39.3. The van der Waals surface area contributed by atoms with E-state index in [4.69, 9.17) is 37.9 Å². The Labute approximate surface area is 506 Å². The van der Waals surface area contributed by atoms with Gasteiger partial charge in [-0.05, 0) is 144 Å². The fraction of sp³-hybridized carbons (Fsp3) is 0.329. The summed E-state index contributed by atoms with van der Waals surface area (Å²) in [5.74, 6) is 54.9. The monoisotopic (exact) mass is 1100 g/mol. The summed E-state index contributed by atoms with van der Waals surface area (Å²) in [6, 6.07) is 38.9. The van der Waals surface area contributed by atoms with E-state index in [0.717, 1.165) is 41.5 Å². The van der Waals surface area contributed by atoms with Gasteiger partial charge in [0, 0.05) is 61.0 Å². The minimum atomic E-state index is -1.06. The van der Waals surface area contributed by atoms with E-state index in [0.29, 0.717) is 13.0 Å². The molecule has 0 aromatic heterocycles. The van der Waals surface area contributed by atoms with Crippen molar-refractivity contribution in [1.29, 1.82) is 0 Å². The van der Waals surface area contributed by atoms with Gasteiger partial charge >= 0.3 is 0 Å². The van der Waals surface area contributed by atoms with Crippen LogP contribution >= 0.6 is 0 Å². The lowest BCUT2D eigenvalue weighted by Gasteiger charge is -2.46. The van der Waals surface area contributed by atoms with Crippen LogP contribution in [0.3, 0.4) is 0 Å². The Balaban J connectivity index is -0.000000219. The van der Waals surface area contributed by atoms with Crippen molar-refractivity contribution < 1.29 is 74.1 Å². The maximum Gasteiger partial charge on any atom is 0.297 e. The molecule has 444 valence electrons. The topological polar surface area (TPSA) is 103 Å². The molecule has 80 heavy (non-hydrogen) atoms. The molecule has 2 aliphatic heterocycles. The van der Waals surface area contributed by atoms with Gasteiger partial charge in [0.1, 0.15) is 30.5 Å². The van der Waals surface area contributed by atoms with Gasteiger partial charge in [-0.15, -0.1) is 0 Å². The number of hydrogen-bond donors (Lipinski definition) is 1.